The Morgan fingerprint density at radius 3 is 2.26 bits per heavy atom. The Kier molecular flexibility index (Phi) is 4.43. The zero-order chi connectivity index (χ0) is 14.0. The molecule has 1 aromatic carbocycles. The van der Waals surface area contributed by atoms with Gasteiger partial charge in [0.25, 0.3) is 0 Å². The highest BCUT2D eigenvalue weighted by Gasteiger charge is 2.15. The van der Waals surface area contributed by atoms with E-state index in [4.69, 9.17) is 0 Å². The third-order valence-corrected chi connectivity index (χ3v) is 4.97. The van der Waals surface area contributed by atoms with Gasteiger partial charge in [0.1, 0.15) is 6.10 Å². The van der Waals surface area contributed by atoms with Gasteiger partial charge in [0.2, 0.25) is 0 Å². The first-order valence-corrected chi connectivity index (χ1v) is 7.75. The minimum Gasteiger partial charge on any atom is -0.383 e. The van der Waals surface area contributed by atoms with Gasteiger partial charge in [-0.3, -0.25) is 0 Å². The molecule has 1 atom stereocenters. The molecule has 2 rings (SSSR count). The lowest BCUT2D eigenvalue weighted by Crippen LogP contribution is -2.00. The van der Waals surface area contributed by atoms with Crippen LogP contribution in [0.4, 0.5) is 0 Å². The van der Waals surface area contributed by atoms with Crippen LogP contribution < -0.4 is 0 Å². The van der Waals surface area contributed by atoms with E-state index in [0.717, 1.165) is 23.3 Å². The van der Waals surface area contributed by atoms with E-state index >= 15 is 0 Å². The molecule has 0 fully saturated rings. The monoisotopic (exact) mass is 274 g/mol. The van der Waals surface area contributed by atoms with Crippen molar-refractivity contribution in [1.29, 1.82) is 0 Å². The van der Waals surface area contributed by atoms with Gasteiger partial charge in [0.15, 0.2) is 0 Å². The Morgan fingerprint density at radius 2 is 1.74 bits per heavy atom. The first-order chi connectivity index (χ1) is 9.06. The van der Waals surface area contributed by atoms with Crippen molar-refractivity contribution in [2.75, 3.05) is 0 Å². The van der Waals surface area contributed by atoms with Crippen molar-refractivity contribution in [3.05, 3.63) is 56.3 Å². The van der Waals surface area contributed by atoms with E-state index < -0.39 is 6.10 Å². The molecule has 0 aliphatic carbocycles. The molecule has 0 amide bonds. The molecule has 1 unspecified atom stereocenters. The van der Waals surface area contributed by atoms with Gasteiger partial charge in [-0.05, 0) is 55.0 Å². The Labute approximate surface area is 119 Å². The van der Waals surface area contributed by atoms with Crippen LogP contribution in [0.15, 0.2) is 24.3 Å². The minimum absolute atomic E-state index is 0.492. The zero-order valence-electron chi connectivity index (χ0n) is 12.2. The molecule has 2 aromatic rings. The van der Waals surface area contributed by atoms with Crippen molar-refractivity contribution >= 4 is 11.3 Å². The number of benzene rings is 1. The molecule has 0 spiro atoms. The molecule has 102 valence electrons. The van der Waals surface area contributed by atoms with Gasteiger partial charge in [-0.2, -0.15) is 0 Å². The van der Waals surface area contributed by atoms with Crippen LogP contribution in [0.2, 0.25) is 0 Å². The van der Waals surface area contributed by atoms with E-state index in [0.29, 0.717) is 0 Å². The Morgan fingerprint density at radius 1 is 1.05 bits per heavy atom. The van der Waals surface area contributed by atoms with Crippen molar-refractivity contribution in [3.8, 4) is 0 Å². The second-order valence-electron chi connectivity index (χ2n) is 5.03. The molecule has 1 nitrogen and oxygen atoms in total. The third kappa shape index (κ3) is 2.90. The van der Waals surface area contributed by atoms with Crippen LogP contribution >= 0.6 is 11.3 Å². The molecule has 1 N–H and O–H groups in total. The molecule has 0 saturated carbocycles. The summed E-state index contributed by atoms with van der Waals surface area (Å²) < 4.78 is 0. The van der Waals surface area contributed by atoms with Crippen LogP contribution in [0.25, 0.3) is 0 Å². The Bertz CT molecular complexity index is 549. The summed E-state index contributed by atoms with van der Waals surface area (Å²) in [4.78, 5) is 2.33. The summed E-state index contributed by atoms with van der Waals surface area (Å²) in [6, 6.07) is 8.48. The quantitative estimate of drug-likeness (QED) is 0.865. The zero-order valence-corrected chi connectivity index (χ0v) is 13.0. The van der Waals surface area contributed by atoms with Crippen molar-refractivity contribution in [2.24, 2.45) is 0 Å². The number of aryl methyl sites for hydroxylation is 4. The fourth-order valence-corrected chi connectivity index (χ4v) is 3.45. The molecule has 0 radical (unpaired) electrons. The number of hydrogen-bond acceptors (Lipinski definition) is 2. The van der Waals surface area contributed by atoms with E-state index in [1.807, 2.05) is 0 Å². The van der Waals surface area contributed by atoms with Crippen molar-refractivity contribution in [1.82, 2.24) is 0 Å². The predicted molar refractivity (Wildman–Crippen MR) is 83.1 cm³/mol. The standard InChI is InChI=1S/C17H22OS/c1-5-13-7-8-15(10-14(13)6-2)17(18)16-9-11(3)12(4)19-16/h7-10,17-18H,5-6H2,1-4H3. The maximum atomic E-state index is 10.5. The van der Waals surface area contributed by atoms with Crippen LogP contribution in [0.1, 0.15) is 52.0 Å². The summed E-state index contributed by atoms with van der Waals surface area (Å²) in [7, 11) is 0. The van der Waals surface area contributed by atoms with Gasteiger partial charge in [-0.25, -0.2) is 0 Å². The summed E-state index contributed by atoms with van der Waals surface area (Å²) in [5, 5.41) is 10.5. The van der Waals surface area contributed by atoms with Gasteiger partial charge >= 0.3 is 0 Å². The van der Waals surface area contributed by atoms with Crippen molar-refractivity contribution in [2.45, 2.75) is 46.6 Å². The lowest BCUT2D eigenvalue weighted by molar-refractivity contribution is 0.224. The second-order valence-corrected chi connectivity index (χ2v) is 6.31. The number of hydrogen-bond donors (Lipinski definition) is 1. The van der Waals surface area contributed by atoms with Gasteiger partial charge in [-0.1, -0.05) is 32.0 Å². The molecular formula is C17H22OS. The SMILES string of the molecule is CCc1ccc(C(O)c2cc(C)c(C)s2)cc1CC. The summed E-state index contributed by atoms with van der Waals surface area (Å²) in [5.74, 6) is 0. The van der Waals surface area contributed by atoms with Gasteiger partial charge in [0, 0.05) is 9.75 Å². The summed E-state index contributed by atoms with van der Waals surface area (Å²) in [6.45, 7) is 8.55. The lowest BCUT2D eigenvalue weighted by atomic mass is 9.97. The van der Waals surface area contributed by atoms with Crippen LogP contribution in [-0.4, -0.2) is 5.11 Å². The smallest absolute Gasteiger partial charge is 0.113 e. The van der Waals surface area contributed by atoms with Gasteiger partial charge < -0.3 is 5.11 Å². The molecular weight excluding hydrogens is 252 g/mol. The van der Waals surface area contributed by atoms with Crippen molar-refractivity contribution < 1.29 is 5.11 Å². The molecule has 1 aromatic heterocycles. The second kappa shape index (κ2) is 5.89. The fraction of sp³-hybridized carbons (Fsp3) is 0.412. The normalized spacial score (nSPS) is 12.7. The average molecular weight is 274 g/mol. The maximum absolute atomic E-state index is 10.5. The highest BCUT2D eigenvalue weighted by atomic mass is 32.1. The van der Waals surface area contributed by atoms with E-state index in [1.54, 1.807) is 11.3 Å². The molecule has 1 heterocycles. The number of rotatable bonds is 4. The largest absolute Gasteiger partial charge is 0.383 e. The topological polar surface area (TPSA) is 20.2 Å². The van der Waals surface area contributed by atoms with Gasteiger partial charge in [-0.15, -0.1) is 11.3 Å². The van der Waals surface area contributed by atoms with E-state index in [9.17, 15) is 5.11 Å². The maximum Gasteiger partial charge on any atom is 0.113 e. The van der Waals surface area contributed by atoms with E-state index in [-0.39, 0.29) is 0 Å². The number of aliphatic hydroxyl groups excluding tert-OH is 1. The summed E-state index contributed by atoms with van der Waals surface area (Å²) in [6.07, 6.45) is 1.58. The third-order valence-electron chi connectivity index (χ3n) is 3.76. The van der Waals surface area contributed by atoms with Gasteiger partial charge in [0.05, 0.1) is 0 Å². The van der Waals surface area contributed by atoms with Crippen LogP contribution in [0, 0.1) is 13.8 Å². The molecule has 0 aliphatic heterocycles. The first kappa shape index (κ1) is 14.3. The van der Waals surface area contributed by atoms with E-state index in [1.165, 1.54) is 21.6 Å². The first-order valence-electron chi connectivity index (χ1n) is 6.93. The van der Waals surface area contributed by atoms with Crippen molar-refractivity contribution in [3.63, 3.8) is 0 Å². The summed E-state index contributed by atoms with van der Waals surface area (Å²) >= 11 is 1.69. The number of aliphatic hydroxyl groups is 1. The van der Waals surface area contributed by atoms with Crippen LogP contribution in [0.3, 0.4) is 0 Å². The van der Waals surface area contributed by atoms with Crippen LogP contribution in [0.5, 0.6) is 0 Å². The molecule has 0 aliphatic rings. The molecule has 0 bridgehead atoms. The highest BCUT2D eigenvalue weighted by Crippen LogP contribution is 2.31. The fourth-order valence-electron chi connectivity index (χ4n) is 2.39. The Balaban J connectivity index is 2.35. The predicted octanol–water partition coefficient (Wildman–Crippen LogP) is 4.57. The average Bonchev–Trinajstić information content (AvgIpc) is 2.77. The molecule has 19 heavy (non-hydrogen) atoms. The molecule has 2 heteroatoms. The Hall–Kier alpha value is -1.12. The highest BCUT2D eigenvalue weighted by molar-refractivity contribution is 7.12. The number of thiophene rings is 1. The van der Waals surface area contributed by atoms with Crippen LogP contribution in [-0.2, 0) is 12.8 Å². The van der Waals surface area contributed by atoms with E-state index in [2.05, 4.69) is 52.0 Å². The summed E-state index contributed by atoms with van der Waals surface area (Å²) in [5.41, 5.74) is 5.01. The lowest BCUT2D eigenvalue weighted by Gasteiger charge is -2.13. The molecule has 0 saturated heterocycles. The minimum atomic E-state index is -0.492.